The first kappa shape index (κ1) is 15.0. The molecule has 0 spiro atoms. The average Bonchev–Trinajstić information content (AvgIpc) is 3.18. The van der Waals surface area contributed by atoms with E-state index >= 15 is 0 Å². The summed E-state index contributed by atoms with van der Waals surface area (Å²) in [5, 5.41) is 7.63. The van der Waals surface area contributed by atoms with Crippen molar-refractivity contribution in [3.05, 3.63) is 17.5 Å². The van der Waals surface area contributed by atoms with Crippen LogP contribution in [0.3, 0.4) is 0 Å². The van der Waals surface area contributed by atoms with Crippen molar-refractivity contribution < 1.29 is 4.52 Å². The van der Waals surface area contributed by atoms with Gasteiger partial charge in [0.15, 0.2) is 5.76 Å². The molecule has 0 atom stereocenters. The molecule has 2 aliphatic rings. The Kier molecular flexibility index (Phi) is 4.93. The Balaban J connectivity index is 1.40. The summed E-state index contributed by atoms with van der Waals surface area (Å²) in [5.74, 6) is 1.76. The van der Waals surface area contributed by atoms with Gasteiger partial charge in [0.1, 0.15) is 0 Å². The molecule has 2 heterocycles. The molecule has 2 fully saturated rings. The van der Waals surface area contributed by atoms with E-state index in [4.69, 9.17) is 4.52 Å². The van der Waals surface area contributed by atoms with Crippen LogP contribution in [0.1, 0.15) is 38.1 Å². The third-order valence-corrected chi connectivity index (χ3v) is 4.22. The molecule has 0 bridgehead atoms. The monoisotopic (exact) mass is 292 g/mol. The predicted molar refractivity (Wildman–Crippen MR) is 82.9 cm³/mol. The number of piperazine rings is 1. The van der Waals surface area contributed by atoms with Crippen LogP contribution in [0.2, 0.25) is 0 Å². The number of hydrogen-bond donors (Lipinski definition) is 1. The number of hydrogen-bond acceptors (Lipinski definition) is 5. The standard InChI is InChI=1S/C16H28N4O/c1-13(2)11-19-5-7-20(8-6-19)12-16-9-15(18-21-16)10-17-14-3-4-14/h9,13-14,17H,3-8,10-12H2,1-2H3. The zero-order chi connectivity index (χ0) is 14.7. The highest BCUT2D eigenvalue weighted by atomic mass is 16.5. The Hall–Kier alpha value is -0.910. The summed E-state index contributed by atoms with van der Waals surface area (Å²) >= 11 is 0. The SMILES string of the molecule is CC(C)CN1CCN(Cc2cc(CNC3CC3)no2)CC1. The lowest BCUT2D eigenvalue weighted by Crippen LogP contribution is -2.46. The van der Waals surface area contributed by atoms with Crippen LogP contribution in [-0.2, 0) is 13.1 Å². The van der Waals surface area contributed by atoms with Crippen molar-refractivity contribution in [2.45, 2.75) is 45.8 Å². The number of rotatable bonds is 7. The van der Waals surface area contributed by atoms with E-state index in [1.807, 2.05) is 0 Å². The van der Waals surface area contributed by atoms with Crippen molar-refractivity contribution in [2.75, 3.05) is 32.7 Å². The second-order valence-electron chi connectivity index (χ2n) is 6.91. The van der Waals surface area contributed by atoms with Gasteiger partial charge in [0.25, 0.3) is 0 Å². The summed E-state index contributed by atoms with van der Waals surface area (Å²) in [7, 11) is 0. The van der Waals surface area contributed by atoms with Crippen LogP contribution in [0.4, 0.5) is 0 Å². The molecule has 5 heteroatoms. The Morgan fingerprint density at radius 3 is 2.62 bits per heavy atom. The lowest BCUT2D eigenvalue weighted by atomic mass is 10.2. The molecule has 1 saturated heterocycles. The third kappa shape index (κ3) is 4.80. The van der Waals surface area contributed by atoms with Crippen molar-refractivity contribution in [3.8, 4) is 0 Å². The van der Waals surface area contributed by atoms with Crippen molar-refractivity contribution in [1.29, 1.82) is 0 Å². The fourth-order valence-electron chi connectivity index (χ4n) is 2.92. The fraction of sp³-hybridized carbons (Fsp3) is 0.812. The maximum Gasteiger partial charge on any atom is 0.151 e. The van der Waals surface area contributed by atoms with Gasteiger partial charge < -0.3 is 14.7 Å². The van der Waals surface area contributed by atoms with E-state index in [0.717, 1.165) is 49.6 Å². The minimum Gasteiger partial charge on any atom is -0.360 e. The van der Waals surface area contributed by atoms with Crippen molar-refractivity contribution >= 4 is 0 Å². The van der Waals surface area contributed by atoms with Crippen LogP contribution in [0.5, 0.6) is 0 Å². The summed E-state index contributed by atoms with van der Waals surface area (Å²) in [5.41, 5.74) is 1.04. The largest absolute Gasteiger partial charge is 0.360 e. The lowest BCUT2D eigenvalue weighted by molar-refractivity contribution is 0.110. The summed E-state index contributed by atoms with van der Waals surface area (Å²) in [6, 6.07) is 2.83. The zero-order valence-electron chi connectivity index (χ0n) is 13.3. The highest BCUT2D eigenvalue weighted by molar-refractivity contribution is 5.06. The minimum absolute atomic E-state index is 0.721. The maximum absolute atomic E-state index is 5.47. The number of nitrogens with one attached hydrogen (secondary N) is 1. The number of nitrogens with zero attached hydrogens (tertiary/aromatic N) is 3. The van der Waals surface area contributed by atoms with Crippen LogP contribution in [0, 0.1) is 5.92 Å². The van der Waals surface area contributed by atoms with Crippen LogP contribution < -0.4 is 5.32 Å². The van der Waals surface area contributed by atoms with Gasteiger partial charge >= 0.3 is 0 Å². The summed E-state index contributed by atoms with van der Waals surface area (Å²) < 4.78 is 5.47. The number of aromatic nitrogens is 1. The molecule has 1 aromatic rings. The topological polar surface area (TPSA) is 44.5 Å². The zero-order valence-corrected chi connectivity index (χ0v) is 13.3. The van der Waals surface area contributed by atoms with Gasteiger partial charge in [0, 0.05) is 51.4 Å². The van der Waals surface area contributed by atoms with E-state index in [2.05, 4.69) is 40.2 Å². The molecule has 1 aliphatic carbocycles. The normalized spacial score (nSPS) is 21.3. The molecule has 5 nitrogen and oxygen atoms in total. The first-order valence-electron chi connectivity index (χ1n) is 8.31. The van der Waals surface area contributed by atoms with Crippen LogP contribution in [0.25, 0.3) is 0 Å². The van der Waals surface area contributed by atoms with E-state index in [9.17, 15) is 0 Å². The Bertz CT molecular complexity index is 433. The second kappa shape index (κ2) is 6.90. The van der Waals surface area contributed by atoms with Gasteiger partial charge in [0.2, 0.25) is 0 Å². The second-order valence-corrected chi connectivity index (χ2v) is 6.91. The van der Waals surface area contributed by atoms with Gasteiger partial charge in [-0.05, 0) is 18.8 Å². The molecule has 21 heavy (non-hydrogen) atoms. The fourth-order valence-corrected chi connectivity index (χ4v) is 2.92. The summed E-state index contributed by atoms with van der Waals surface area (Å²) in [4.78, 5) is 5.03. The molecule has 0 amide bonds. The summed E-state index contributed by atoms with van der Waals surface area (Å²) in [6.07, 6.45) is 2.62. The maximum atomic E-state index is 5.47. The average molecular weight is 292 g/mol. The van der Waals surface area contributed by atoms with Crippen molar-refractivity contribution in [1.82, 2.24) is 20.3 Å². The van der Waals surface area contributed by atoms with Crippen LogP contribution in [0.15, 0.2) is 10.6 Å². The highest BCUT2D eigenvalue weighted by Crippen LogP contribution is 2.19. The van der Waals surface area contributed by atoms with Gasteiger partial charge in [-0.15, -0.1) is 0 Å². The summed E-state index contributed by atoms with van der Waals surface area (Å²) in [6.45, 7) is 12.1. The molecule has 118 valence electrons. The van der Waals surface area contributed by atoms with Gasteiger partial charge in [0.05, 0.1) is 12.2 Å². The molecular formula is C16H28N4O. The Morgan fingerprint density at radius 1 is 1.24 bits per heavy atom. The quantitative estimate of drug-likeness (QED) is 0.829. The lowest BCUT2D eigenvalue weighted by Gasteiger charge is -2.34. The van der Waals surface area contributed by atoms with E-state index < -0.39 is 0 Å². The van der Waals surface area contributed by atoms with Crippen LogP contribution in [-0.4, -0.2) is 53.7 Å². The molecule has 0 radical (unpaired) electrons. The molecule has 1 saturated carbocycles. The van der Waals surface area contributed by atoms with Crippen LogP contribution >= 0.6 is 0 Å². The van der Waals surface area contributed by atoms with Gasteiger partial charge in [-0.2, -0.15) is 0 Å². The highest BCUT2D eigenvalue weighted by Gasteiger charge is 2.21. The van der Waals surface area contributed by atoms with E-state index in [-0.39, 0.29) is 0 Å². The first-order valence-corrected chi connectivity index (χ1v) is 8.31. The van der Waals surface area contributed by atoms with Gasteiger partial charge in [-0.25, -0.2) is 0 Å². The van der Waals surface area contributed by atoms with Gasteiger partial charge in [-0.1, -0.05) is 19.0 Å². The van der Waals surface area contributed by atoms with Gasteiger partial charge in [-0.3, -0.25) is 4.90 Å². The molecular weight excluding hydrogens is 264 g/mol. The molecule has 0 aromatic carbocycles. The predicted octanol–water partition coefficient (Wildman–Crippen LogP) is 1.70. The minimum atomic E-state index is 0.721. The van der Waals surface area contributed by atoms with E-state index in [1.165, 1.54) is 32.5 Å². The Labute approximate surface area is 127 Å². The molecule has 1 aliphatic heterocycles. The molecule has 1 N–H and O–H groups in total. The smallest absolute Gasteiger partial charge is 0.151 e. The molecule has 3 rings (SSSR count). The van der Waals surface area contributed by atoms with Crippen molar-refractivity contribution in [3.63, 3.8) is 0 Å². The Morgan fingerprint density at radius 2 is 1.95 bits per heavy atom. The molecule has 1 aromatic heterocycles. The molecule has 0 unspecified atom stereocenters. The van der Waals surface area contributed by atoms with Crippen molar-refractivity contribution in [2.24, 2.45) is 5.92 Å². The van der Waals surface area contributed by atoms with E-state index in [1.54, 1.807) is 0 Å². The van der Waals surface area contributed by atoms with E-state index in [0.29, 0.717) is 0 Å². The third-order valence-electron chi connectivity index (χ3n) is 4.22. The first-order chi connectivity index (χ1) is 10.2.